The molecule has 0 spiro atoms. The maximum absolute atomic E-state index is 5.28. The smallest absolute Gasteiger partial charge is 0.160 e. The average molecular weight is 667 g/mol. The van der Waals surface area contributed by atoms with Gasteiger partial charge in [0.05, 0.1) is 28.1 Å². The van der Waals surface area contributed by atoms with Gasteiger partial charge >= 0.3 is 0 Å². The van der Waals surface area contributed by atoms with E-state index >= 15 is 0 Å². The van der Waals surface area contributed by atoms with Gasteiger partial charge in [0.2, 0.25) is 0 Å². The number of aryl methyl sites for hydroxylation is 1. The average Bonchev–Trinajstić information content (AvgIpc) is 3.24. The van der Waals surface area contributed by atoms with Crippen molar-refractivity contribution in [2.24, 2.45) is 0 Å². The molecule has 0 N–H and O–H groups in total. The number of nitrogens with zero attached hydrogens (tertiary/aromatic N) is 4. The number of fused-ring (bicyclic) bond motifs is 3. The highest BCUT2D eigenvalue weighted by atomic mass is 14.9. The highest BCUT2D eigenvalue weighted by molar-refractivity contribution is 6.08. The van der Waals surface area contributed by atoms with Crippen LogP contribution in [0.3, 0.4) is 0 Å². The Hall–Kier alpha value is -6.78. The highest BCUT2D eigenvalue weighted by Crippen LogP contribution is 2.35. The Morgan fingerprint density at radius 2 is 0.923 bits per heavy atom. The quantitative estimate of drug-likeness (QED) is 0.159. The van der Waals surface area contributed by atoms with E-state index in [9.17, 15) is 0 Å². The van der Waals surface area contributed by atoms with Gasteiger partial charge in [0, 0.05) is 38.7 Å². The van der Waals surface area contributed by atoms with Crippen LogP contribution in [0, 0.1) is 0 Å². The normalized spacial score (nSPS) is 11.2. The predicted molar refractivity (Wildman–Crippen MR) is 215 cm³/mol. The van der Waals surface area contributed by atoms with E-state index in [0.29, 0.717) is 5.82 Å². The number of rotatable bonds is 7. The summed E-state index contributed by atoms with van der Waals surface area (Å²) in [6, 6.07) is 61.1. The molecule has 0 unspecified atom stereocenters. The molecule has 4 nitrogen and oxygen atoms in total. The molecule has 0 aliphatic carbocycles. The third-order valence-corrected chi connectivity index (χ3v) is 9.64. The molecule has 0 saturated heterocycles. The Morgan fingerprint density at radius 1 is 0.365 bits per heavy atom. The fourth-order valence-corrected chi connectivity index (χ4v) is 6.89. The Bertz CT molecular complexity index is 2690. The summed E-state index contributed by atoms with van der Waals surface area (Å²) in [5.74, 6) is 0.665. The number of hydrogen-bond acceptors (Lipinski definition) is 4. The molecule has 3 aromatic heterocycles. The van der Waals surface area contributed by atoms with Crippen LogP contribution in [0.25, 0.3) is 89.2 Å². The van der Waals surface area contributed by atoms with E-state index in [1.54, 1.807) is 0 Å². The lowest BCUT2D eigenvalue weighted by Gasteiger charge is -2.13. The zero-order chi connectivity index (χ0) is 34.9. The second kappa shape index (κ2) is 13.5. The standard InChI is InChI=1S/C48H34N4/c1-2-40-30-42(34-15-8-4-9-16-34)41-27-25-37-26-28-43(50-46(37)47(41)49-40)38-19-12-20-39(29-38)48-51-44(35-17-10-5-11-18-35)31-45(52-48)36-23-21-33(22-24-36)32-13-6-3-7-14-32/h3-31H,2H2,1H3. The van der Waals surface area contributed by atoms with Crippen molar-refractivity contribution in [1.82, 2.24) is 19.9 Å². The van der Waals surface area contributed by atoms with Gasteiger partial charge in [-0.3, -0.25) is 4.98 Å². The zero-order valence-corrected chi connectivity index (χ0v) is 28.7. The van der Waals surface area contributed by atoms with Gasteiger partial charge in [-0.05, 0) is 52.9 Å². The lowest BCUT2D eigenvalue weighted by atomic mass is 9.98. The monoisotopic (exact) mass is 666 g/mol. The van der Waals surface area contributed by atoms with Crippen LogP contribution in [0.15, 0.2) is 176 Å². The molecule has 9 aromatic rings. The fourth-order valence-electron chi connectivity index (χ4n) is 6.89. The van der Waals surface area contributed by atoms with Gasteiger partial charge in [-0.25, -0.2) is 15.0 Å². The summed E-state index contributed by atoms with van der Waals surface area (Å²) in [5.41, 5.74) is 14.2. The lowest BCUT2D eigenvalue weighted by Crippen LogP contribution is -1.97. The van der Waals surface area contributed by atoms with Crippen LogP contribution in [0.5, 0.6) is 0 Å². The summed E-state index contributed by atoms with van der Waals surface area (Å²) in [5, 5.41) is 2.17. The van der Waals surface area contributed by atoms with Crippen molar-refractivity contribution in [2.45, 2.75) is 13.3 Å². The van der Waals surface area contributed by atoms with Gasteiger partial charge < -0.3 is 0 Å². The highest BCUT2D eigenvalue weighted by Gasteiger charge is 2.15. The van der Waals surface area contributed by atoms with Gasteiger partial charge in [-0.1, -0.05) is 159 Å². The predicted octanol–water partition coefficient (Wildman–Crippen LogP) is 12.1. The summed E-state index contributed by atoms with van der Waals surface area (Å²) in [4.78, 5) is 20.7. The topological polar surface area (TPSA) is 51.6 Å². The largest absolute Gasteiger partial charge is 0.251 e. The molecule has 6 aromatic carbocycles. The first kappa shape index (κ1) is 31.2. The number of aromatic nitrogens is 4. The maximum atomic E-state index is 5.28. The molecule has 0 amide bonds. The molecule has 9 rings (SSSR count). The summed E-state index contributed by atoms with van der Waals surface area (Å²) in [7, 11) is 0. The van der Waals surface area contributed by atoms with E-state index < -0.39 is 0 Å². The molecule has 0 bridgehead atoms. The van der Waals surface area contributed by atoms with Crippen molar-refractivity contribution in [2.75, 3.05) is 0 Å². The van der Waals surface area contributed by atoms with E-state index in [1.165, 1.54) is 22.3 Å². The van der Waals surface area contributed by atoms with Gasteiger partial charge in [-0.15, -0.1) is 0 Å². The van der Waals surface area contributed by atoms with Gasteiger partial charge in [0.1, 0.15) is 0 Å². The third kappa shape index (κ3) is 6.01. The second-order valence-electron chi connectivity index (χ2n) is 13.0. The van der Waals surface area contributed by atoms with Crippen molar-refractivity contribution in [3.63, 3.8) is 0 Å². The minimum absolute atomic E-state index is 0.665. The van der Waals surface area contributed by atoms with Gasteiger partial charge in [0.25, 0.3) is 0 Å². The zero-order valence-electron chi connectivity index (χ0n) is 28.7. The minimum atomic E-state index is 0.665. The maximum Gasteiger partial charge on any atom is 0.160 e. The van der Waals surface area contributed by atoms with Crippen LogP contribution in [-0.2, 0) is 6.42 Å². The Labute approximate surface area is 303 Å². The molecule has 0 radical (unpaired) electrons. The van der Waals surface area contributed by atoms with Crippen molar-refractivity contribution >= 4 is 21.8 Å². The molecule has 3 heterocycles. The molecule has 4 heteroatoms. The molecular formula is C48H34N4. The van der Waals surface area contributed by atoms with Gasteiger partial charge in [-0.2, -0.15) is 0 Å². The molecule has 0 atom stereocenters. The summed E-state index contributed by atoms with van der Waals surface area (Å²) in [6.07, 6.45) is 0.842. The first-order valence-corrected chi connectivity index (χ1v) is 17.7. The van der Waals surface area contributed by atoms with Crippen LogP contribution in [-0.4, -0.2) is 19.9 Å². The minimum Gasteiger partial charge on any atom is -0.251 e. The van der Waals surface area contributed by atoms with Crippen molar-refractivity contribution in [1.29, 1.82) is 0 Å². The Balaban J connectivity index is 1.15. The Kier molecular flexibility index (Phi) is 8.11. The molecule has 0 saturated carbocycles. The van der Waals surface area contributed by atoms with Crippen LogP contribution in [0.2, 0.25) is 0 Å². The van der Waals surface area contributed by atoms with E-state index in [-0.39, 0.29) is 0 Å². The summed E-state index contributed by atoms with van der Waals surface area (Å²) in [6.45, 7) is 2.15. The first-order chi connectivity index (χ1) is 25.7. The molecule has 0 aliphatic heterocycles. The van der Waals surface area contributed by atoms with E-state index in [4.69, 9.17) is 19.9 Å². The fraction of sp³-hybridized carbons (Fsp3) is 0.0417. The van der Waals surface area contributed by atoms with Crippen LogP contribution in [0.1, 0.15) is 12.6 Å². The van der Waals surface area contributed by atoms with Gasteiger partial charge in [0.15, 0.2) is 5.82 Å². The number of pyridine rings is 2. The molecular weight excluding hydrogens is 633 g/mol. The SMILES string of the molecule is CCc1cc(-c2ccccc2)c2ccc3ccc(-c4cccc(-c5nc(-c6ccccc6)cc(-c6ccc(-c7ccccc7)cc6)n5)c4)nc3c2n1. The van der Waals surface area contributed by atoms with E-state index in [1.807, 2.05) is 24.3 Å². The number of benzene rings is 6. The first-order valence-electron chi connectivity index (χ1n) is 17.7. The molecule has 52 heavy (non-hydrogen) atoms. The Morgan fingerprint density at radius 3 is 1.62 bits per heavy atom. The van der Waals surface area contributed by atoms with E-state index in [2.05, 4.69) is 159 Å². The molecule has 0 fully saturated rings. The van der Waals surface area contributed by atoms with Crippen molar-refractivity contribution < 1.29 is 0 Å². The number of hydrogen-bond donors (Lipinski definition) is 0. The summed E-state index contributed by atoms with van der Waals surface area (Å²) < 4.78 is 0. The lowest BCUT2D eigenvalue weighted by molar-refractivity contribution is 1.06. The third-order valence-electron chi connectivity index (χ3n) is 9.64. The van der Waals surface area contributed by atoms with E-state index in [0.717, 1.165) is 73.3 Å². The summed E-state index contributed by atoms with van der Waals surface area (Å²) >= 11 is 0. The second-order valence-corrected chi connectivity index (χ2v) is 13.0. The van der Waals surface area contributed by atoms with Crippen LogP contribution in [0.4, 0.5) is 0 Å². The van der Waals surface area contributed by atoms with Crippen LogP contribution >= 0.6 is 0 Å². The van der Waals surface area contributed by atoms with Crippen molar-refractivity contribution in [3.05, 3.63) is 182 Å². The van der Waals surface area contributed by atoms with Crippen molar-refractivity contribution in [3.8, 4) is 67.4 Å². The molecule has 0 aliphatic rings. The molecule has 246 valence electrons. The van der Waals surface area contributed by atoms with Crippen LogP contribution < -0.4 is 0 Å².